The molecule has 0 fully saturated rings. The van der Waals surface area contributed by atoms with Crippen LogP contribution >= 0.6 is 0 Å². The molecule has 0 aliphatic rings. The van der Waals surface area contributed by atoms with Crippen LogP contribution in [0.1, 0.15) is 0 Å². The molecule has 0 aromatic heterocycles. The zero-order valence-electron chi connectivity index (χ0n) is 9.84. The molecule has 0 unspecified atom stereocenters. The third-order valence-electron chi connectivity index (χ3n) is 3.10. The summed E-state index contributed by atoms with van der Waals surface area (Å²) in [6.45, 7) is 0. The highest BCUT2D eigenvalue weighted by Crippen LogP contribution is 2.36. The van der Waals surface area contributed by atoms with E-state index in [4.69, 9.17) is 4.74 Å². The predicted molar refractivity (Wildman–Crippen MR) is 71.3 cm³/mol. The molecular formula is C15H12O3. The van der Waals surface area contributed by atoms with E-state index >= 15 is 0 Å². The van der Waals surface area contributed by atoms with Gasteiger partial charge >= 0.3 is 0 Å². The first-order valence-electron chi connectivity index (χ1n) is 5.61. The van der Waals surface area contributed by atoms with Crippen LogP contribution in [-0.2, 0) is 0 Å². The molecule has 3 rings (SSSR count). The molecule has 3 aromatic carbocycles. The van der Waals surface area contributed by atoms with Crippen LogP contribution in [0.25, 0.3) is 21.5 Å². The van der Waals surface area contributed by atoms with Crippen molar-refractivity contribution in [3.8, 4) is 17.2 Å². The molecule has 0 saturated heterocycles. The number of hydrogen-bond acceptors (Lipinski definition) is 3. The van der Waals surface area contributed by atoms with Gasteiger partial charge in [0.1, 0.15) is 17.2 Å². The van der Waals surface area contributed by atoms with Crippen molar-refractivity contribution >= 4 is 21.5 Å². The molecule has 0 heterocycles. The zero-order chi connectivity index (χ0) is 12.7. The molecule has 18 heavy (non-hydrogen) atoms. The summed E-state index contributed by atoms with van der Waals surface area (Å²) < 4.78 is 5.13. The Hall–Kier alpha value is -2.42. The molecule has 3 nitrogen and oxygen atoms in total. The van der Waals surface area contributed by atoms with E-state index in [1.54, 1.807) is 31.4 Å². The summed E-state index contributed by atoms with van der Waals surface area (Å²) in [5.41, 5.74) is 0. The standard InChI is InChI=1S/C15H12O3/c1-18-12-7-10-3-2-9-6-11(16)4-5-13(9)15(10)14(17)8-12/h2-8,16-17H,1H3. The Kier molecular flexibility index (Phi) is 2.27. The Morgan fingerprint density at radius 3 is 2.44 bits per heavy atom. The van der Waals surface area contributed by atoms with Crippen LogP contribution in [-0.4, -0.2) is 17.3 Å². The number of fused-ring (bicyclic) bond motifs is 3. The average molecular weight is 240 g/mol. The number of phenolic OH excluding ortho intramolecular Hbond substituents is 2. The van der Waals surface area contributed by atoms with Gasteiger partial charge in [-0.15, -0.1) is 0 Å². The van der Waals surface area contributed by atoms with Crippen molar-refractivity contribution in [1.82, 2.24) is 0 Å². The Morgan fingerprint density at radius 2 is 1.67 bits per heavy atom. The number of hydrogen-bond donors (Lipinski definition) is 2. The number of ether oxygens (including phenoxy) is 1. The summed E-state index contributed by atoms with van der Waals surface area (Å²) in [6, 6.07) is 12.4. The predicted octanol–water partition coefficient (Wildman–Crippen LogP) is 3.41. The average Bonchev–Trinajstić information content (AvgIpc) is 2.37. The van der Waals surface area contributed by atoms with E-state index in [2.05, 4.69) is 0 Å². The summed E-state index contributed by atoms with van der Waals surface area (Å²) in [5, 5.41) is 23.1. The third-order valence-corrected chi connectivity index (χ3v) is 3.10. The highest BCUT2D eigenvalue weighted by molar-refractivity contribution is 6.11. The fraction of sp³-hybridized carbons (Fsp3) is 0.0667. The van der Waals surface area contributed by atoms with Gasteiger partial charge in [0, 0.05) is 11.5 Å². The van der Waals surface area contributed by atoms with Crippen LogP contribution in [0.5, 0.6) is 17.2 Å². The number of benzene rings is 3. The van der Waals surface area contributed by atoms with Crippen LogP contribution in [0.3, 0.4) is 0 Å². The van der Waals surface area contributed by atoms with Crippen molar-refractivity contribution in [2.75, 3.05) is 7.11 Å². The first-order chi connectivity index (χ1) is 8.69. The lowest BCUT2D eigenvalue weighted by Crippen LogP contribution is -1.84. The molecule has 3 heteroatoms. The number of rotatable bonds is 1. The molecule has 0 atom stereocenters. The van der Waals surface area contributed by atoms with E-state index in [-0.39, 0.29) is 11.5 Å². The van der Waals surface area contributed by atoms with E-state index in [0.717, 1.165) is 21.5 Å². The molecule has 0 amide bonds. The Balaban J connectivity index is 2.47. The summed E-state index contributed by atoms with van der Waals surface area (Å²) in [5.74, 6) is 1.02. The number of methoxy groups -OCH3 is 1. The fourth-order valence-corrected chi connectivity index (χ4v) is 2.26. The lowest BCUT2D eigenvalue weighted by molar-refractivity contribution is 0.409. The van der Waals surface area contributed by atoms with Crippen molar-refractivity contribution in [2.45, 2.75) is 0 Å². The Morgan fingerprint density at radius 1 is 0.889 bits per heavy atom. The van der Waals surface area contributed by atoms with Crippen molar-refractivity contribution < 1.29 is 14.9 Å². The van der Waals surface area contributed by atoms with Crippen molar-refractivity contribution in [3.05, 3.63) is 42.5 Å². The fourth-order valence-electron chi connectivity index (χ4n) is 2.26. The summed E-state index contributed by atoms with van der Waals surface area (Å²) in [6.07, 6.45) is 0. The lowest BCUT2D eigenvalue weighted by atomic mass is 10.0. The first kappa shape index (κ1) is 10.7. The summed E-state index contributed by atoms with van der Waals surface area (Å²) >= 11 is 0. The second kappa shape index (κ2) is 3.81. The zero-order valence-corrected chi connectivity index (χ0v) is 9.84. The molecule has 0 spiro atoms. The Labute approximate surface area is 104 Å². The van der Waals surface area contributed by atoms with Gasteiger partial charge in [0.25, 0.3) is 0 Å². The van der Waals surface area contributed by atoms with E-state index < -0.39 is 0 Å². The van der Waals surface area contributed by atoms with Gasteiger partial charge in [-0.1, -0.05) is 12.1 Å². The minimum absolute atomic E-state index is 0.181. The molecule has 0 radical (unpaired) electrons. The highest BCUT2D eigenvalue weighted by atomic mass is 16.5. The minimum atomic E-state index is 0.181. The minimum Gasteiger partial charge on any atom is -0.508 e. The van der Waals surface area contributed by atoms with Crippen molar-refractivity contribution in [2.24, 2.45) is 0 Å². The molecular weight excluding hydrogens is 228 g/mol. The second-order valence-corrected chi connectivity index (χ2v) is 4.22. The maximum Gasteiger partial charge on any atom is 0.127 e. The van der Waals surface area contributed by atoms with Gasteiger partial charge in [-0.3, -0.25) is 0 Å². The third kappa shape index (κ3) is 1.52. The molecule has 0 saturated carbocycles. The smallest absolute Gasteiger partial charge is 0.127 e. The molecule has 0 bridgehead atoms. The molecule has 2 N–H and O–H groups in total. The summed E-state index contributed by atoms with van der Waals surface area (Å²) in [7, 11) is 1.57. The van der Waals surface area contributed by atoms with Crippen LogP contribution in [0.15, 0.2) is 42.5 Å². The van der Waals surface area contributed by atoms with Gasteiger partial charge in [0.2, 0.25) is 0 Å². The summed E-state index contributed by atoms with van der Waals surface area (Å²) in [4.78, 5) is 0. The van der Waals surface area contributed by atoms with Gasteiger partial charge in [0.15, 0.2) is 0 Å². The maximum absolute atomic E-state index is 10.1. The van der Waals surface area contributed by atoms with E-state index in [0.29, 0.717) is 5.75 Å². The maximum atomic E-state index is 10.1. The molecule has 3 aromatic rings. The Bertz CT molecular complexity index is 747. The highest BCUT2D eigenvalue weighted by Gasteiger charge is 2.08. The quantitative estimate of drug-likeness (QED) is 0.641. The van der Waals surface area contributed by atoms with Gasteiger partial charge < -0.3 is 14.9 Å². The van der Waals surface area contributed by atoms with Crippen LogP contribution < -0.4 is 4.74 Å². The number of phenols is 2. The van der Waals surface area contributed by atoms with E-state index in [9.17, 15) is 10.2 Å². The lowest BCUT2D eigenvalue weighted by Gasteiger charge is -2.08. The number of aromatic hydroxyl groups is 2. The van der Waals surface area contributed by atoms with Gasteiger partial charge in [-0.2, -0.15) is 0 Å². The van der Waals surface area contributed by atoms with Crippen LogP contribution in [0.4, 0.5) is 0 Å². The van der Waals surface area contributed by atoms with Crippen LogP contribution in [0, 0.1) is 0 Å². The topological polar surface area (TPSA) is 49.7 Å². The van der Waals surface area contributed by atoms with Gasteiger partial charge in [0.05, 0.1) is 7.11 Å². The van der Waals surface area contributed by atoms with E-state index in [1.165, 1.54) is 0 Å². The molecule has 0 aliphatic heterocycles. The normalized spacial score (nSPS) is 10.9. The SMILES string of the molecule is COc1cc(O)c2c(ccc3cc(O)ccc32)c1. The molecule has 0 aliphatic carbocycles. The molecule has 90 valence electrons. The van der Waals surface area contributed by atoms with Crippen LogP contribution in [0.2, 0.25) is 0 Å². The monoisotopic (exact) mass is 240 g/mol. The first-order valence-corrected chi connectivity index (χ1v) is 5.61. The van der Waals surface area contributed by atoms with E-state index in [1.807, 2.05) is 18.2 Å². The largest absolute Gasteiger partial charge is 0.508 e. The van der Waals surface area contributed by atoms with Gasteiger partial charge in [-0.05, 0) is 40.4 Å². The van der Waals surface area contributed by atoms with Crippen molar-refractivity contribution in [1.29, 1.82) is 0 Å². The second-order valence-electron chi connectivity index (χ2n) is 4.22. The van der Waals surface area contributed by atoms with Gasteiger partial charge in [-0.25, -0.2) is 0 Å². The van der Waals surface area contributed by atoms with Crippen molar-refractivity contribution in [3.63, 3.8) is 0 Å².